The van der Waals surface area contributed by atoms with Crippen LogP contribution in [0.25, 0.3) is 0 Å². The Labute approximate surface area is 162 Å². The third kappa shape index (κ3) is 3.91. The number of esters is 1. The Morgan fingerprint density at radius 2 is 2.35 bits per heavy atom. The summed E-state index contributed by atoms with van der Waals surface area (Å²) < 4.78 is 6.93. The van der Waals surface area contributed by atoms with Gasteiger partial charge in [-0.25, -0.2) is 4.79 Å². The van der Waals surface area contributed by atoms with Crippen LogP contribution in [0.2, 0.25) is 0 Å². The predicted octanol–water partition coefficient (Wildman–Crippen LogP) is 3.36. The number of hydrogen-bond acceptors (Lipinski definition) is 5. The van der Waals surface area contributed by atoms with Gasteiger partial charge in [0.15, 0.2) is 5.11 Å². The monoisotopic (exact) mass is 392 g/mol. The lowest BCUT2D eigenvalue weighted by molar-refractivity contribution is 0.0601. The molecule has 0 spiro atoms. The van der Waals surface area contributed by atoms with Crippen molar-refractivity contribution < 1.29 is 9.53 Å². The van der Waals surface area contributed by atoms with E-state index < -0.39 is 0 Å². The van der Waals surface area contributed by atoms with Crippen molar-refractivity contribution in [2.75, 3.05) is 12.4 Å². The molecule has 0 saturated carbocycles. The first-order chi connectivity index (χ1) is 12.5. The van der Waals surface area contributed by atoms with Crippen LogP contribution in [0, 0.1) is 5.92 Å². The zero-order valence-electron chi connectivity index (χ0n) is 15.3. The van der Waals surface area contributed by atoms with Crippen molar-refractivity contribution in [2.45, 2.75) is 46.2 Å². The number of fused-ring (bicyclic) bond motifs is 1. The van der Waals surface area contributed by atoms with Crippen molar-refractivity contribution in [1.82, 2.24) is 15.1 Å². The van der Waals surface area contributed by atoms with Gasteiger partial charge in [-0.1, -0.05) is 6.92 Å². The maximum atomic E-state index is 12.3. The molecular formula is C18H24N4O2S2. The molecular weight excluding hydrogens is 368 g/mol. The molecule has 0 aliphatic heterocycles. The molecule has 0 saturated heterocycles. The van der Waals surface area contributed by atoms with E-state index in [0.29, 0.717) is 23.1 Å². The molecule has 1 aliphatic carbocycles. The molecule has 26 heavy (non-hydrogen) atoms. The van der Waals surface area contributed by atoms with Gasteiger partial charge in [-0.15, -0.1) is 11.3 Å². The molecule has 1 atom stereocenters. The number of methoxy groups -OCH3 is 1. The molecule has 1 unspecified atom stereocenters. The van der Waals surface area contributed by atoms with Crippen LogP contribution in [0.4, 0.5) is 5.00 Å². The second-order valence-corrected chi connectivity index (χ2v) is 8.01. The molecule has 1 aliphatic rings. The van der Waals surface area contributed by atoms with Crippen molar-refractivity contribution in [3.05, 3.63) is 34.0 Å². The van der Waals surface area contributed by atoms with Crippen molar-refractivity contribution >= 4 is 39.6 Å². The first-order valence-corrected chi connectivity index (χ1v) is 10.0. The number of carbonyl (C=O) groups is 1. The van der Waals surface area contributed by atoms with Gasteiger partial charge in [0.05, 0.1) is 24.9 Å². The molecule has 2 aromatic rings. The van der Waals surface area contributed by atoms with Crippen LogP contribution in [0.3, 0.4) is 0 Å². The summed E-state index contributed by atoms with van der Waals surface area (Å²) in [6.07, 6.45) is 4.79. The van der Waals surface area contributed by atoms with E-state index in [1.54, 1.807) is 17.5 Å². The quantitative estimate of drug-likeness (QED) is 0.601. The molecule has 140 valence electrons. The Morgan fingerprint density at radius 3 is 3.08 bits per heavy atom. The van der Waals surface area contributed by atoms with Crippen LogP contribution in [-0.2, 0) is 30.7 Å². The van der Waals surface area contributed by atoms with Crippen LogP contribution >= 0.6 is 23.6 Å². The number of carbonyl (C=O) groups excluding carboxylic acids is 1. The summed E-state index contributed by atoms with van der Waals surface area (Å²) in [5.74, 6) is 0.338. The Bertz CT molecular complexity index is 812. The van der Waals surface area contributed by atoms with E-state index in [0.717, 1.165) is 42.1 Å². The highest BCUT2D eigenvalue weighted by Gasteiger charge is 2.28. The molecule has 8 heteroatoms. The van der Waals surface area contributed by atoms with E-state index in [1.807, 2.05) is 17.7 Å². The number of thiophene rings is 1. The highest BCUT2D eigenvalue weighted by Crippen LogP contribution is 2.39. The van der Waals surface area contributed by atoms with Crippen LogP contribution in [-0.4, -0.2) is 28.0 Å². The molecule has 2 heterocycles. The fourth-order valence-electron chi connectivity index (χ4n) is 3.27. The molecule has 6 nitrogen and oxygen atoms in total. The number of thiocarbonyl (C=S) groups is 1. The minimum Gasteiger partial charge on any atom is -0.465 e. The number of hydrogen-bond donors (Lipinski definition) is 2. The summed E-state index contributed by atoms with van der Waals surface area (Å²) in [5.41, 5.74) is 2.82. The van der Waals surface area contributed by atoms with Gasteiger partial charge < -0.3 is 15.4 Å². The minimum absolute atomic E-state index is 0.300. The molecule has 2 aromatic heterocycles. The second-order valence-electron chi connectivity index (χ2n) is 6.49. The average molecular weight is 393 g/mol. The summed E-state index contributed by atoms with van der Waals surface area (Å²) in [7, 11) is 1.42. The average Bonchev–Trinajstić information content (AvgIpc) is 3.22. The molecule has 0 fully saturated rings. The first-order valence-electron chi connectivity index (χ1n) is 8.81. The SMILES string of the molecule is CCn1nccc1CNC(=S)Nc1sc2c(c1C(=O)OC)CCC(C)C2. The lowest BCUT2D eigenvalue weighted by Crippen LogP contribution is -2.29. The van der Waals surface area contributed by atoms with E-state index in [9.17, 15) is 4.79 Å². The maximum absolute atomic E-state index is 12.3. The van der Waals surface area contributed by atoms with Gasteiger partial charge in [-0.05, 0) is 56.0 Å². The Kier molecular flexibility index (Phi) is 5.93. The highest BCUT2D eigenvalue weighted by atomic mass is 32.1. The normalized spacial score (nSPS) is 16.0. The van der Waals surface area contributed by atoms with Gasteiger partial charge in [-0.2, -0.15) is 5.10 Å². The summed E-state index contributed by atoms with van der Waals surface area (Å²) >= 11 is 7.05. The van der Waals surface area contributed by atoms with Gasteiger partial charge in [-0.3, -0.25) is 4.68 Å². The third-order valence-corrected chi connectivity index (χ3v) is 6.08. The maximum Gasteiger partial charge on any atom is 0.341 e. The zero-order valence-corrected chi connectivity index (χ0v) is 16.9. The second kappa shape index (κ2) is 8.18. The highest BCUT2D eigenvalue weighted by molar-refractivity contribution is 7.80. The number of aryl methyl sites for hydroxylation is 1. The van der Waals surface area contributed by atoms with E-state index >= 15 is 0 Å². The largest absolute Gasteiger partial charge is 0.465 e. The first kappa shape index (κ1) is 18.8. The number of anilines is 1. The number of aromatic nitrogens is 2. The zero-order chi connectivity index (χ0) is 18.7. The van der Waals surface area contributed by atoms with Crippen molar-refractivity contribution in [3.63, 3.8) is 0 Å². The third-order valence-electron chi connectivity index (χ3n) is 4.66. The fourth-order valence-corrected chi connectivity index (χ4v) is 4.91. The molecule has 3 rings (SSSR count). The van der Waals surface area contributed by atoms with Crippen molar-refractivity contribution in [3.8, 4) is 0 Å². The number of nitrogens with zero attached hydrogens (tertiary/aromatic N) is 2. The van der Waals surface area contributed by atoms with Crippen LogP contribution in [0.15, 0.2) is 12.3 Å². The summed E-state index contributed by atoms with van der Waals surface area (Å²) in [6.45, 7) is 5.69. The fraction of sp³-hybridized carbons (Fsp3) is 0.500. The van der Waals surface area contributed by atoms with E-state index in [4.69, 9.17) is 17.0 Å². The number of nitrogens with one attached hydrogen (secondary N) is 2. The topological polar surface area (TPSA) is 68.2 Å². The Balaban J connectivity index is 1.74. The smallest absolute Gasteiger partial charge is 0.341 e. The summed E-state index contributed by atoms with van der Waals surface area (Å²) in [4.78, 5) is 13.6. The van der Waals surface area contributed by atoms with E-state index in [-0.39, 0.29) is 5.97 Å². The van der Waals surface area contributed by atoms with Crippen LogP contribution < -0.4 is 10.6 Å². The molecule has 0 radical (unpaired) electrons. The van der Waals surface area contributed by atoms with Crippen molar-refractivity contribution in [2.24, 2.45) is 5.92 Å². The molecule has 0 aromatic carbocycles. The number of ether oxygens (including phenoxy) is 1. The van der Waals surface area contributed by atoms with Gasteiger partial charge in [0, 0.05) is 17.6 Å². The molecule has 0 amide bonds. The van der Waals surface area contributed by atoms with Gasteiger partial charge in [0.1, 0.15) is 5.00 Å². The summed E-state index contributed by atoms with van der Waals surface area (Å²) in [5, 5.41) is 11.9. The minimum atomic E-state index is -0.300. The lowest BCUT2D eigenvalue weighted by atomic mass is 9.88. The van der Waals surface area contributed by atoms with Gasteiger partial charge >= 0.3 is 5.97 Å². The molecule has 0 bridgehead atoms. The summed E-state index contributed by atoms with van der Waals surface area (Å²) in [6, 6.07) is 1.96. The van der Waals surface area contributed by atoms with Gasteiger partial charge in [0.2, 0.25) is 0 Å². The predicted molar refractivity (Wildman–Crippen MR) is 108 cm³/mol. The Morgan fingerprint density at radius 1 is 1.54 bits per heavy atom. The van der Waals surface area contributed by atoms with E-state index in [2.05, 4.69) is 22.7 Å². The van der Waals surface area contributed by atoms with Crippen LogP contribution in [0.5, 0.6) is 0 Å². The van der Waals surface area contributed by atoms with Crippen molar-refractivity contribution in [1.29, 1.82) is 0 Å². The standard InChI is InChI=1S/C18H24N4O2S2/c1-4-22-12(7-8-20-22)10-19-18(25)21-16-15(17(23)24-3)13-6-5-11(2)9-14(13)26-16/h7-8,11H,4-6,9-10H2,1-3H3,(H2,19,21,25). The lowest BCUT2D eigenvalue weighted by Gasteiger charge is -2.18. The van der Waals surface area contributed by atoms with E-state index in [1.165, 1.54) is 12.0 Å². The Hall–Kier alpha value is -1.93. The number of rotatable bonds is 5. The van der Waals surface area contributed by atoms with Crippen LogP contribution in [0.1, 0.15) is 46.8 Å². The van der Waals surface area contributed by atoms with Gasteiger partial charge in [0.25, 0.3) is 0 Å². The molecule has 2 N–H and O–H groups in total.